The van der Waals surface area contributed by atoms with Crippen molar-refractivity contribution in [2.45, 2.75) is 57.3 Å². The summed E-state index contributed by atoms with van der Waals surface area (Å²) in [6, 6.07) is 6.83. The van der Waals surface area contributed by atoms with Gasteiger partial charge in [0.1, 0.15) is 5.75 Å². The molecular weight excluding hydrogens is 348 g/mol. The maximum atomic E-state index is 11.9. The quantitative estimate of drug-likeness (QED) is 0.739. The van der Waals surface area contributed by atoms with Crippen LogP contribution >= 0.6 is 0 Å². The molecule has 1 aromatic rings. The van der Waals surface area contributed by atoms with Crippen molar-refractivity contribution >= 4 is 5.91 Å². The number of carbonyl (C=O) groups is 1. The first-order valence-corrected chi connectivity index (χ1v) is 11.1. The van der Waals surface area contributed by atoms with Gasteiger partial charge in [-0.1, -0.05) is 12.1 Å². The molecule has 4 aliphatic rings. The van der Waals surface area contributed by atoms with Crippen LogP contribution in [0.3, 0.4) is 0 Å². The summed E-state index contributed by atoms with van der Waals surface area (Å²) in [6.07, 6.45) is 9.04. The van der Waals surface area contributed by atoms with Crippen LogP contribution in [0.5, 0.6) is 5.75 Å². The van der Waals surface area contributed by atoms with Gasteiger partial charge in [0.2, 0.25) is 5.91 Å². The Hall–Kier alpha value is -1.55. The lowest BCUT2D eigenvalue weighted by Crippen LogP contribution is -2.48. The van der Waals surface area contributed by atoms with Crippen molar-refractivity contribution in [1.29, 1.82) is 0 Å². The molecule has 4 aliphatic carbocycles. The van der Waals surface area contributed by atoms with Crippen molar-refractivity contribution < 1.29 is 9.53 Å². The number of hydrogen-bond donors (Lipinski definition) is 1. The largest absolute Gasteiger partial charge is 0.493 e. The number of carbonyl (C=O) groups excluding carboxylic acids is 1. The second-order valence-corrected chi connectivity index (χ2v) is 9.93. The summed E-state index contributed by atoms with van der Waals surface area (Å²) in [4.78, 5) is 14.0. The van der Waals surface area contributed by atoms with Crippen LogP contribution in [0.4, 0.5) is 0 Å². The van der Waals surface area contributed by atoms with Gasteiger partial charge in [-0.15, -0.1) is 0 Å². The average Bonchev–Trinajstić information content (AvgIpc) is 2.61. The van der Waals surface area contributed by atoms with Crippen LogP contribution in [-0.2, 0) is 10.2 Å². The monoisotopic (exact) mass is 384 g/mol. The summed E-state index contributed by atoms with van der Waals surface area (Å²) in [6.45, 7) is 4.13. The van der Waals surface area contributed by atoms with Crippen molar-refractivity contribution in [1.82, 2.24) is 10.2 Å². The summed E-state index contributed by atoms with van der Waals surface area (Å²) in [5.41, 5.74) is 3.18. The zero-order valence-corrected chi connectivity index (χ0v) is 17.8. The van der Waals surface area contributed by atoms with Crippen LogP contribution in [-0.4, -0.2) is 44.6 Å². The molecule has 0 radical (unpaired) electrons. The van der Waals surface area contributed by atoms with E-state index >= 15 is 0 Å². The number of rotatable bonds is 8. The van der Waals surface area contributed by atoms with Gasteiger partial charge in [-0.25, -0.2) is 0 Å². The van der Waals surface area contributed by atoms with Gasteiger partial charge in [0.25, 0.3) is 0 Å². The lowest BCUT2D eigenvalue weighted by Gasteiger charge is -2.57. The number of nitrogens with zero attached hydrogens (tertiary/aromatic N) is 1. The molecule has 4 fully saturated rings. The molecule has 4 heteroatoms. The molecule has 0 saturated heterocycles. The van der Waals surface area contributed by atoms with E-state index in [1.165, 1.54) is 49.7 Å². The van der Waals surface area contributed by atoms with Crippen LogP contribution in [0.1, 0.15) is 56.1 Å². The first-order chi connectivity index (χ1) is 13.4. The molecular formula is C24H36N2O2. The number of ether oxygens (including phenoxy) is 1. The van der Waals surface area contributed by atoms with E-state index < -0.39 is 0 Å². The number of benzene rings is 1. The normalized spacial score (nSPS) is 30.6. The molecule has 28 heavy (non-hydrogen) atoms. The molecule has 154 valence electrons. The fourth-order valence-corrected chi connectivity index (χ4v) is 6.37. The predicted molar refractivity (Wildman–Crippen MR) is 113 cm³/mol. The minimum Gasteiger partial charge on any atom is -0.493 e. The van der Waals surface area contributed by atoms with Gasteiger partial charge in [0.05, 0.1) is 13.0 Å². The van der Waals surface area contributed by atoms with Gasteiger partial charge in [-0.3, -0.25) is 4.79 Å². The Kier molecular flexibility index (Phi) is 5.69. The van der Waals surface area contributed by atoms with E-state index in [0.717, 1.165) is 30.0 Å². The minimum absolute atomic E-state index is 0.0599. The highest BCUT2D eigenvalue weighted by molar-refractivity contribution is 5.75. The molecule has 1 N–H and O–H groups in total. The van der Waals surface area contributed by atoms with E-state index in [1.807, 2.05) is 14.1 Å². The standard InChI is InChI=1S/C24H36N2O2/c1-17-10-21(24-14-18-11-19(15-24)13-20(12-18)16-24)4-5-22(17)28-9-6-23(27)25-7-8-26(2)3/h4-5,10,18-20H,6-9,11-16H2,1-3H3,(H,25,27). The molecule has 0 aliphatic heterocycles. The molecule has 1 amide bonds. The summed E-state index contributed by atoms with van der Waals surface area (Å²) in [7, 11) is 4.01. The number of hydrogen-bond acceptors (Lipinski definition) is 3. The SMILES string of the molecule is Cc1cc(C23CC4CC(CC(C4)C2)C3)ccc1OCCC(=O)NCCN(C)C. The first kappa shape index (κ1) is 19.8. The van der Waals surface area contributed by atoms with E-state index in [-0.39, 0.29) is 5.91 Å². The third kappa shape index (κ3) is 4.22. The fraction of sp³-hybridized carbons (Fsp3) is 0.708. The molecule has 0 spiro atoms. The highest BCUT2D eigenvalue weighted by atomic mass is 16.5. The molecule has 5 rings (SSSR count). The van der Waals surface area contributed by atoms with Crippen molar-refractivity contribution in [3.8, 4) is 5.75 Å². The third-order valence-corrected chi connectivity index (χ3v) is 7.29. The Morgan fingerprint density at radius 1 is 1.14 bits per heavy atom. The average molecular weight is 385 g/mol. The Bertz CT molecular complexity index is 677. The zero-order chi connectivity index (χ0) is 19.7. The smallest absolute Gasteiger partial charge is 0.223 e. The van der Waals surface area contributed by atoms with E-state index in [4.69, 9.17) is 4.74 Å². The number of amides is 1. The topological polar surface area (TPSA) is 41.6 Å². The molecule has 0 atom stereocenters. The molecule has 0 unspecified atom stereocenters. The van der Waals surface area contributed by atoms with Crippen LogP contribution < -0.4 is 10.1 Å². The molecule has 0 aromatic heterocycles. The van der Waals surface area contributed by atoms with Crippen LogP contribution in [0.2, 0.25) is 0 Å². The second-order valence-electron chi connectivity index (χ2n) is 9.93. The molecule has 4 saturated carbocycles. The Labute approximate surface area is 170 Å². The molecule has 4 bridgehead atoms. The summed E-state index contributed by atoms with van der Waals surface area (Å²) in [5.74, 6) is 3.88. The third-order valence-electron chi connectivity index (χ3n) is 7.29. The van der Waals surface area contributed by atoms with Gasteiger partial charge >= 0.3 is 0 Å². The van der Waals surface area contributed by atoms with Gasteiger partial charge in [0, 0.05) is 13.1 Å². The Morgan fingerprint density at radius 3 is 2.36 bits per heavy atom. The summed E-state index contributed by atoms with van der Waals surface area (Å²) < 4.78 is 5.94. The van der Waals surface area contributed by atoms with Gasteiger partial charge in [-0.2, -0.15) is 0 Å². The molecule has 0 heterocycles. The number of likely N-dealkylation sites (N-methyl/N-ethyl adjacent to an activating group) is 1. The van der Waals surface area contributed by atoms with Crippen molar-refractivity contribution in [3.05, 3.63) is 29.3 Å². The summed E-state index contributed by atoms with van der Waals surface area (Å²) in [5, 5.41) is 2.94. The Morgan fingerprint density at radius 2 is 1.79 bits per heavy atom. The van der Waals surface area contributed by atoms with Crippen molar-refractivity contribution in [2.75, 3.05) is 33.8 Å². The highest BCUT2D eigenvalue weighted by Gasteiger charge is 2.51. The first-order valence-electron chi connectivity index (χ1n) is 11.1. The molecule has 4 nitrogen and oxygen atoms in total. The van der Waals surface area contributed by atoms with Gasteiger partial charge in [0.15, 0.2) is 0 Å². The van der Waals surface area contributed by atoms with Crippen LogP contribution in [0, 0.1) is 24.7 Å². The van der Waals surface area contributed by atoms with E-state index in [2.05, 4.69) is 35.3 Å². The van der Waals surface area contributed by atoms with Crippen molar-refractivity contribution in [2.24, 2.45) is 17.8 Å². The fourth-order valence-electron chi connectivity index (χ4n) is 6.37. The minimum atomic E-state index is 0.0599. The van der Waals surface area contributed by atoms with Crippen molar-refractivity contribution in [3.63, 3.8) is 0 Å². The highest BCUT2D eigenvalue weighted by Crippen LogP contribution is 2.60. The van der Waals surface area contributed by atoms with Crippen LogP contribution in [0.25, 0.3) is 0 Å². The van der Waals surface area contributed by atoms with E-state index in [9.17, 15) is 4.79 Å². The lowest BCUT2D eigenvalue weighted by molar-refractivity contribution is -0.121. The maximum Gasteiger partial charge on any atom is 0.223 e. The summed E-state index contributed by atoms with van der Waals surface area (Å²) >= 11 is 0. The van der Waals surface area contributed by atoms with Gasteiger partial charge in [-0.05, 0) is 99.9 Å². The van der Waals surface area contributed by atoms with Gasteiger partial charge < -0.3 is 15.0 Å². The number of aryl methyl sites for hydroxylation is 1. The van der Waals surface area contributed by atoms with Crippen LogP contribution in [0.15, 0.2) is 18.2 Å². The second kappa shape index (κ2) is 8.06. The van der Waals surface area contributed by atoms with E-state index in [0.29, 0.717) is 25.0 Å². The Balaban J connectivity index is 1.32. The molecule has 1 aromatic carbocycles. The van der Waals surface area contributed by atoms with E-state index in [1.54, 1.807) is 0 Å². The maximum absolute atomic E-state index is 11.9. The predicted octanol–water partition coefficient (Wildman–Crippen LogP) is 3.91. The number of nitrogens with one attached hydrogen (secondary N) is 1. The lowest BCUT2D eigenvalue weighted by atomic mass is 9.48. The zero-order valence-electron chi connectivity index (χ0n) is 17.8.